The molecule has 1 saturated carbocycles. The lowest BCUT2D eigenvalue weighted by Crippen LogP contribution is -2.40. The molecule has 35 heavy (non-hydrogen) atoms. The largest absolute Gasteiger partial charge is 0.393 e. The average Bonchev–Trinajstić information content (AvgIpc) is 2.80. The highest BCUT2D eigenvalue weighted by Crippen LogP contribution is 2.34. The van der Waals surface area contributed by atoms with Crippen molar-refractivity contribution < 1.29 is 9.90 Å². The number of nitrogens with zero attached hydrogens (tertiary/aromatic N) is 3. The number of nitrogens with two attached hydrogens (primary N) is 1. The number of anilines is 4. The van der Waals surface area contributed by atoms with Crippen molar-refractivity contribution in [1.29, 1.82) is 0 Å². The van der Waals surface area contributed by atoms with Crippen LogP contribution in [0.25, 0.3) is 0 Å². The van der Waals surface area contributed by atoms with E-state index in [9.17, 15) is 9.90 Å². The second-order valence-corrected chi connectivity index (χ2v) is 10.9. The van der Waals surface area contributed by atoms with Crippen molar-refractivity contribution in [3.8, 4) is 0 Å². The van der Waals surface area contributed by atoms with Crippen LogP contribution in [0.3, 0.4) is 0 Å². The molecule has 0 atom stereocenters. The van der Waals surface area contributed by atoms with Gasteiger partial charge in [-0.1, -0.05) is 20.8 Å². The van der Waals surface area contributed by atoms with Gasteiger partial charge >= 0.3 is 0 Å². The molecule has 8 nitrogen and oxygen atoms in total. The number of aromatic nitrogens is 2. The van der Waals surface area contributed by atoms with Gasteiger partial charge in [-0.3, -0.25) is 4.79 Å². The summed E-state index contributed by atoms with van der Waals surface area (Å²) in [6.07, 6.45) is 6.16. The van der Waals surface area contributed by atoms with Gasteiger partial charge in [-0.2, -0.15) is 0 Å². The molecule has 1 aromatic heterocycles. The molecule has 2 heterocycles. The molecule has 4 rings (SSSR count). The minimum Gasteiger partial charge on any atom is -0.393 e. The van der Waals surface area contributed by atoms with Crippen LogP contribution in [-0.4, -0.2) is 46.2 Å². The number of aliphatic hydroxyl groups excluding tert-OH is 1. The first kappa shape index (κ1) is 25.2. The minimum absolute atomic E-state index is 0.144. The Morgan fingerprint density at radius 1 is 1.20 bits per heavy atom. The van der Waals surface area contributed by atoms with Gasteiger partial charge in [0.1, 0.15) is 5.82 Å². The molecule has 1 aliphatic heterocycles. The summed E-state index contributed by atoms with van der Waals surface area (Å²) < 4.78 is 0. The summed E-state index contributed by atoms with van der Waals surface area (Å²) in [4.78, 5) is 24.1. The van der Waals surface area contributed by atoms with E-state index in [4.69, 9.17) is 10.7 Å². The number of carbonyl (C=O) groups excluding carboxylic acids is 1. The van der Waals surface area contributed by atoms with E-state index in [-0.39, 0.29) is 17.8 Å². The molecule has 0 spiro atoms. The fourth-order valence-electron chi connectivity index (χ4n) is 5.36. The second kappa shape index (κ2) is 10.4. The van der Waals surface area contributed by atoms with Crippen molar-refractivity contribution in [2.75, 3.05) is 28.6 Å². The van der Waals surface area contributed by atoms with Gasteiger partial charge in [0.05, 0.1) is 11.8 Å². The Morgan fingerprint density at radius 2 is 1.94 bits per heavy atom. The van der Waals surface area contributed by atoms with Gasteiger partial charge < -0.3 is 26.4 Å². The minimum atomic E-state index is -0.606. The molecule has 2 aliphatic rings. The van der Waals surface area contributed by atoms with Crippen LogP contribution in [0, 0.1) is 12.3 Å². The topological polar surface area (TPSA) is 116 Å². The maximum absolute atomic E-state index is 12.2. The molecule has 5 N–H and O–H groups in total. The molecule has 0 bridgehead atoms. The fraction of sp³-hybridized carbons (Fsp3) is 0.593. The Morgan fingerprint density at radius 3 is 2.57 bits per heavy atom. The number of piperidine rings is 1. The van der Waals surface area contributed by atoms with Crippen molar-refractivity contribution in [1.82, 2.24) is 9.97 Å². The number of primary amides is 1. The smallest absolute Gasteiger partial charge is 0.271 e. The predicted molar refractivity (Wildman–Crippen MR) is 142 cm³/mol. The van der Waals surface area contributed by atoms with Crippen molar-refractivity contribution in [2.24, 2.45) is 11.1 Å². The number of hydrogen-bond acceptors (Lipinski definition) is 7. The summed E-state index contributed by atoms with van der Waals surface area (Å²) in [5, 5.41) is 16.6. The predicted octanol–water partition coefficient (Wildman–Crippen LogP) is 4.53. The fourth-order valence-corrected chi connectivity index (χ4v) is 5.36. The van der Waals surface area contributed by atoms with E-state index in [0.717, 1.165) is 50.2 Å². The zero-order chi connectivity index (χ0) is 25.2. The second-order valence-electron chi connectivity index (χ2n) is 10.9. The maximum Gasteiger partial charge on any atom is 0.271 e. The van der Waals surface area contributed by atoms with Gasteiger partial charge in [-0.25, -0.2) is 9.97 Å². The molecule has 1 aliphatic carbocycles. The number of aliphatic hydroxyl groups is 1. The Labute approximate surface area is 208 Å². The van der Waals surface area contributed by atoms with E-state index in [2.05, 4.69) is 53.4 Å². The van der Waals surface area contributed by atoms with E-state index in [1.165, 1.54) is 24.1 Å². The first-order valence-electron chi connectivity index (χ1n) is 12.9. The van der Waals surface area contributed by atoms with E-state index in [1.807, 2.05) is 13.0 Å². The van der Waals surface area contributed by atoms with Gasteiger partial charge in [0.15, 0.2) is 11.5 Å². The molecule has 1 aromatic carbocycles. The summed E-state index contributed by atoms with van der Waals surface area (Å²) in [5.74, 6) is 0.426. The third-order valence-corrected chi connectivity index (χ3v) is 7.27. The monoisotopic (exact) mass is 480 g/mol. The standard InChI is InChI=1S/C27H40N6O2/c1-5-21-25(29-18-7-10-20(34)11-8-18)32-26(23(31-21)24(28)35)30-19-9-12-22(17(2)15-19)33-14-6-13-27(3,4)16-33/h9,12,15,18,20,34H,5-8,10-11,13-14,16H2,1-4H3,(H2,28,35)(H2,29,30,32)/t18-,20-. The Kier molecular flexibility index (Phi) is 7.50. The Bertz CT molecular complexity index is 1060. The highest BCUT2D eigenvalue weighted by Gasteiger charge is 2.27. The average molecular weight is 481 g/mol. The van der Waals surface area contributed by atoms with Crippen LogP contribution in [0.5, 0.6) is 0 Å². The molecule has 2 fully saturated rings. The van der Waals surface area contributed by atoms with Gasteiger partial charge in [0.25, 0.3) is 5.91 Å². The van der Waals surface area contributed by atoms with Crippen molar-refractivity contribution in [2.45, 2.75) is 84.8 Å². The molecule has 2 aromatic rings. The molecule has 190 valence electrons. The van der Waals surface area contributed by atoms with Crippen LogP contribution in [0.1, 0.15) is 81.0 Å². The normalized spacial score (nSPS) is 22.0. The molecule has 1 saturated heterocycles. The quantitative estimate of drug-likeness (QED) is 0.460. The lowest BCUT2D eigenvalue weighted by atomic mass is 9.84. The Hall–Kier alpha value is -2.87. The highest BCUT2D eigenvalue weighted by atomic mass is 16.3. The number of amides is 1. The summed E-state index contributed by atoms with van der Waals surface area (Å²) >= 11 is 0. The van der Waals surface area contributed by atoms with Crippen molar-refractivity contribution in [3.05, 3.63) is 35.2 Å². The van der Waals surface area contributed by atoms with E-state index >= 15 is 0 Å². The van der Waals surface area contributed by atoms with Crippen LogP contribution in [0.4, 0.5) is 23.0 Å². The number of rotatable bonds is 7. The number of nitrogens with one attached hydrogen (secondary N) is 2. The molecule has 0 unspecified atom stereocenters. The number of aryl methyl sites for hydroxylation is 2. The van der Waals surface area contributed by atoms with Crippen molar-refractivity contribution in [3.63, 3.8) is 0 Å². The van der Waals surface area contributed by atoms with Crippen LogP contribution < -0.4 is 21.3 Å². The van der Waals surface area contributed by atoms with Crippen LogP contribution in [0.15, 0.2) is 18.2 Å². The van der Waals surface area contributed by atoms with E-state index in [0.29, 0.717) is 23.5 Å². The van der Waals surface area contributed by atoms with Gasteiger partial charge in [0, 0.05) is 30.5 Å². The van der Waals surface area contributed by atoms with E-state index in [1.54, 1.807) is 0 Å². The highest BCUT2D eigenvalue weighted by molar-refractivity contribution is 5.96. The SMILES string of the molecule is CCc1nc(C(N)=O)c(Nc2ccc(N3CCCC(C)(C)C3)c(C)c2)nc1N[C@H]1CC[C@H](O)CC1. The molecule has 8 heteroatoms. The third-order valence-electron chi connectivity index (χ3n) is 7.27. The lowest BCUT2D eigenvalue weighted by Gasteiger charge is -2.40. The molecule has 1 amide bonds. The summed E-state index contributed by atoms with van der Waals surface area (Å²) in [5.41, 5.74) is 10.1. The number of carbonyl (C=O) groups is 1. The number of benzene rings is 1. The lowest BCUT2D eigenvalue weighted by molar-refractivity contribution is 0.0996. The van der Waals surface area contributed by atoms with Gasteiger partial charge in [-0.05, 0) is 81.0 Å². The van der Waals surface area contributed by atoms with Crippen molar-refractivity contribution >= 4 is 28.9 Å². The van der Waals surface area contributed by atoms with Crippen LogP contribution >= 0.6 is 0 Å². The summed E-state index contributed by atoms with van der Waals surface area (Å²) in [7, 11) is 0. The Balaban J connectivity index is 1.58. The first-order valence-corrected chi connectivity index (χ1v) is 12.9. The molecular formula is C27H40N6O2. The zero-order valence-electron chi connectivity index (χ0n) is 21.5. The summed E-state index contributed by atoms with van der Waals surface area (Å²) in [6.45, 7) is 10.9. The van der Waals surface area contributed by atoms with Crippen LogP contribution in [0.2, 0.25) is 0 Å². The summed E-state index contributed by atoms with van der Waals surface area (Å²) in [6, 6.07) is 6.48. The van der Waals surface area contributed by atoms with Gasteiger partial charge in [-0.15, -0.1) is 0 Å². The maximum atomic E-state index is 12.2. The van der Waals surface area contributed by atoms with Gasteiger partial charge in [0.2, 0.25) is 0 Å². The van der Waals surface area contributed by atoms with E-state index < -0.39 is 5.91 Å². The molecule has 0 radical (unpaired) electrons. The number of hydrogen-bond donors (Lipinski definition) is 4. The first-order chi connectivity index (χ1) is 16.6. The molecular weight excluding hydrogens is 440 g/mol. The third kappa shape index (κ3) is 6.04. The van der Waals surface area contributed by atoms with Crippen LogP contribution in [-0.2, 0) is 6.42 Å². The zero-order valence-corrected chi connectivity index (χ0v) is 21.5.